The molecule has 0 spiro atoms. The van der Waals surface area contributed by atoms with Gasteiger partial charge in [0.1, 0.15) is 5.82 Å². The molecule has 4 heteroatoms. The fourth-order valence-electron chi connectivity index (χ4n) is 6.34. The van der Waals surface area contributed by atoms with Crippen molar-refractivity contribution in [1.29, 1.82) is 0 Å². The van der Waals surface area contributed by atoms with Gasteiger partial charge in [-0.25, -0.2) is 4.98 Å². The van der Waals surface area contributed by atoms with Gasteiger partial charge >= 0.3 is 0 Å². The number of imidazole rings is 1. The number of aromatic nitrogens is 3. The maximum atomic E-state index is 5.14. The SMILES string of the molecule is c1ccc(-n2c(-c3cccc(-n4c5ccccc5c5ccc6c7ccccc7sc6c54)c3)nc3ccccc32)cc1. The summed E-state index contributed by atoms with van der Waals surface area (Å²) < 4.78 is 7.35. The minimum atomic E-state index is 0.937. The zero-order chi connectivity index (χ0) is 26.9. The molecule has 41 heavy (non-hydrogen) atoms. The van der Waals surface area contributed by atoms with Crippen LogP contribution in [0, 0.1) is 0 Å². The normalized spacial score (nSPS) is 11.9. The van der Waals surface area contributed by atoms with E-state index in [0.717, 1.165) is 33.8 Å². The summed E-state index contributed by atoms with van der Waals surface area (Å²) in [5.74, 6) is 0.937. The zero-order valence-electron chi connectivity index (χ0n) is 22.0. The third-order valence-electron chi connectivity index (χ3n) is 8.12. The first-order chi connectivity index (χ1) is 20.3. The Balaban J connectivity index is 1.36. The fraction of sp³-hybridized carbons (Fsp3) is 0. The first-order valence-electron chi connectivity index (χ1n) is 13.8. The Morgan fingerprint density at radius 3 is 2.10 bits per heavy atom. The van der Waals surface area contributed by atoms with Crippen molar-refractivity contribution in [1.82, 2.24) is 14.1 Å². The summed E-state index contributed by atoms with van der Waals surface area (Å²) in [4.78, 5) is 5.14. The molecule has 3 heterocycles. The van der Waals surface area contributed by atoms with E-state index in [1.165, 1.54) is 42.0 Å². The molecule has 0 unspecified atom stereocenters. The molecule has 0 aliphatic carbocycles. The molecule has 0 aliphatic rings. The number of hydrogen-bond donors (Lipinski definition) is 0. The monoisotopic (exact) mass is 541 g/mol. The Kier molecular flexibility index (Phi) is 4.77. The fourth-order valence-corrected chi connectivity index (χ4v) is 7.58. The van der Waals surface area contributed by atoms with Gasteiger partial charge in [-0.3, -0.25) is 4.57 Å². The molecule has 3 nitrogen and oxygen atoms in total. The van der Waals surface area contributed by atoms with Gasteiger partial charge in [0.05, 0.1) is 26.8 Å². The molecule has 0 aliphatic heterocycles. The maximum absolute atomic E-state index is 5.14. The quantitative estimate of drug-likeness (QED) is 0.218. The van der Waals surface area contributed by atoms with Crippen LogP contribution in [-0.4, -0.2) is 14.1 Å². The highest BCUT2D eigenvalue weighted by molar-refractivity contribution is 7.26. The molecule has 0 bridgehead atoms. The third kappa shape index (κ3) is 3.28. The van der Waals surface area contributed by atoms with Gasteiger partial charge in [0.25, 0.3) is 0 Å². The number of thiophene rings is 1. The number of nitrogens with zero attached hydrogens (tertiary/aromatic N) is 3. The summed E-state index contributed by atoms with van der Waals surface area (Å²) in [6.07, 6.45) is 0. The van der Waals surface area contributed by atoms with Crippen molar-refractivity contribution in [3.63, 3.8) is 0 Å². The highest BCUT2D eigenvalue weighted by atomic mass is 32.1. The van der Waals surface area contributed by atoms with Crippen molar-refractivity contribution in [2.24, 2.45) is 0 Å². The molecule has 0 N–H and O–H groups in total. The van der Waals surface area contributed by atoms with E-state index in [9.17, 15) is 0 Å². The molecule has 9 aromatic rings. The molecule has 3 aromatic heterocycles. The van der Waals surface area contributed by atoms with Crippen LogP contribution in [0.4, 0.5) is 0 Å². The number of benzene rings is 6. The summed E-state index contributed by atoms with van der Waals surface area (Å²) in [6, 6.07) is 49.8. The minimum Gasteiger partial charge on any atom is -0.308 e. The predicted molar refractivity (Wildman–Crippen MR) is 174 cm³/mol. The standard InChI is InChI=1S/C37H23N3S/c1-2-12-25(13-3-1)40-33-19-8-6-17-31(33)38-37(40)24-11-10-14-26(23-24)39-32-18-7-4-15-27(32)29-21-22-30-28-16-5-9-20-34(28)41-36(30)35(29)39/h1-23H. The Bertz CT molecular complexity index is 2420. The molecule has 0 fully saturated rings. The first-order valence-corrected chi connectivity index (χ1v) is 14.6. The van der Waals surface area contributed by atoms with Crippen LogP contribution in [0.5, 0.6) is 0 Å². The number of hydrogen-bond acceptors (Lipinski definition) is 2. The van der Waals surface area contributed by atoms with E-state index in [1.807, 2.05) is 11.3 Å². The van der Waals surface area contributed by atoms with Gasteiger partial charge in [0.15, 0.2) is 0 Å². The molecule has 9 rings (SSSR count). The largest absolute Gasteiger partial charge is 0.308 e. The molecule has 0 saturated carbocycles. The second-order valence-corrected chi connectivity index (χ2v) is 11.5. The van der Waals surface area contributed by atoms with Crippen molar-refractivity contribution in [2.45, 2.75) is 0 Å². The summed E-state index contributed by atoms with van der Waals surface area (Å²) in [5.41, 5.74) is 7.87. The second-order valence-electron chi connectivity index (χ2n) is 10.4. The smallest absolute Gasteiger partial charge is 0.145 e. The molecular formula is C37H23N3S. The number of fused-ring (bicyclic) bond motifs is 8. The summed E-state index contributed by atoms with van der Waals surface area (Å²) >= 11 is 1.88. The van der Waals surface area contributed by atoms with Crippen LogP contribution >= 0.6 is 11.3 Å². The van der Waals surface area contributed by atoms with E-state index in [0.29, 0.717) is 0 Å². The lowest BCUT2D eigenvalue weighted by Crippen LogP contribution is -1.99. The van der Waals surface area contributed by atoms with Crippen LogP contribution in [0.25, 0.3) is 75.8 Å². The summed E-state index contributed by atoms with van der Waals surface area (Å²) in [7, 11) is 0. The highest BCUT2D eigenvalue weighted by Gasteiger charge is 2.19. The van der Waals surface area contributed by atoms with E-state index >= 15 is 0 Å². The Hall–Kier alpha value is -5.19. The molecule has 0 saturated heterocycles. The van der Waals surface area contributed by atoms with Crippen LogP contribution in [0.3, 0.4) is 0 Å². The van der Waals surface area contributed by atoms with Gasteiger partial charge in [-0.15, -0.1) is 11.3 Å². The predicted octanol–water partition coefficient (Wildman–Crippen LogP) is 10.2. The Labute approximate surface area is 240 Å². The lowest BCUT2D eigenvalue weighted by Gasteiger charge is -2.12. The van der Waals surface area contributed by atoms with Crippen LogP contribution in [0.15, 0.2) is 140 Å². The van der Waals surface area contributed by atoms with E-state index in [-0.39, 0.29) is 0 Å². The highest BCUT2D eigenvalue weighted by Crippen LogP contribution is 2.43. The van der Waals surface area contributed by atoms with Crippen LogP contribution in [0.1, 0.15) is 0 Å². The van der Waals surface area contributed by atoms with E-state index in [2.05, 4.69) is 149 Å². The lowest BCUT2D eigenvalue weighted by molar-refractivity contribution is 1.10. The van der Waals surface area contributed by atoms with Gasteiger partial charge in [0, 0.05) is 43.2 Å². The van der Waals surface area contributed by atoms with Gasteiger partial charge in [0.2, 0.25) is 0 Å². The van der Waals surface area contributed by atoms with Crippen LogP contribution in [0.2, 0.25) is 0 Å². The van der Waals surface area contributed by atoms with Crippen molar-refractivity contribution < 1.29 is 0 Å². The Morgan fingerprint density at radius 1 is 0.488 bits per heavy atom. The van der Waals surface area contributed by atoms with Crippen molar-refractivity contribution >= 4 is 64.3 Å². The maximum Gasteiger partial charge on any atom is 0.145 e. The molecule has 192 valence electrons. The zero-order valence-corrected chi connectivity index (χ0v) is 22.8. The van der Waals surface area contributed by atoms with Crippen LogP contribution in [-0.2, 0) is 0 Å². The second kappa shape index (κ2) is 8.65. The van der Waals surface area contributed by atoms with Gasteiger partial charge in [-0.1, -0.05) is 91.0 Å². The van der Waals surface area contributed by atoms with Gasteiger partial charge < -0.3 is 4.57 Å². The van der Waals surface area contributed by atoms with Crippen molar-refractivity contribution in [2.75, 3.05) is 0 Å². The average molecular weight is 542 g/mol. The lowest BCUT2D eigenvalue weighted by atomic mass is 10.1. The minimum absolute atomic E-state index is 0.937. The summed E-state index contributed by atoms with van der Waals surface area (Å²) in [5, 5.41) is 5.17. The first kappa shape index (κ1) is 22.6. The molecule has 0 amide bonds. The molecular weight excluding hydrogens is 518 g/mol. The topological polar surface area (TPSA) is 22.8 Å². The van der Waals surface area contributed by atoms with E-state index < -0.39 is 0 Å². The number of rotatable bonds is 3. The van der Waals surface area contributed by atoms with E-state index in [4.69, 9.17) is 4.98 Å². The average Bonchev–Trinajstić information content (AvgIpc) is 3.71. The van der Waals surface area contributed by atoms with Crippen LogP contribution < -0.4 is 0 Å². The molecule has 0 atom stereocenters. The van der Waals surface area contributed by atoms with Crippen molar-refractivity contribution in [3.8, 4) is 22.8 Å². The van der Waals surface area contributed by atoms with Crippen molar-refractivity contribution in [3.05, 3.63) is 140 Å². The number of para-hydroxylation sites is 4. The summed E-state index contributed by atoms with van der Waals surface area (Å²) in [6.45, 7) is 0. The van der Waals surface area contributed by atoms with Gasteiger partial charge in [-0.2, -0.15) is 0 Å². The third-order valence-corrected chi connectivity index (χ3v) is 9.31. The Morgan fingerprint density at radius 2 is 1.20 bits per heavy atom. The van der Waals surface area contributed by atoms with E-state index in [1.54, 1.807) is 0 Å². The molecule has 0 radical (unpaired) electrons. The molecule has 6 aromatic carbocycles. The van der Waals surface area contributed by atoms with Gasteiger partial charge in [-0.05, 0) is 48.5 Å².